The van der Waals surface area contributed by atoms with Crippen LogP contribution in [0.3, 0.4) is 0 Å². The van der Waals surface area contributed by atoms with E-state index in [-0.39, 0.29) is 27.1 Å². The average Bonchev–Trinajstić information content (AvgIpc) is 3.03. The third-order valence-corrected chi connectivity index (χ3v) is 4.12. The van der Waals surface area contributed by atoms with E-state index in [0.29, 0.717) is 0 Å². The Labute approximate surface area is 170 Å². The van der Waals surface area contributed by atoms with Gasteiger partial charge in [0.25, 0.3) is 11.9 Å². The molecule has 28 heavy (non-hydrogen) atoms. The highest BCUT2D eigenvalue weighted by Gasteiger charge is 2.32. The van der Waals surface area contributed by atoms with Crippen molar-refractivity contribution in [3.05, 3.63) is 63.4 Å². The van der Waals surface area contributed by atoms with Crippen molar-refractivity contribution >= 4 is 33.4 Å². The topological polar surface area (TPSA) is 85.6 Å². The van der Waals surface area contributed by atoms with Gasteiger partial charge in [-0.15, -0.1) is 5.10 Å². The van der Waals surface area contributed by atoms with Gasteiger partial charge in [-0.2, -0.15) is 17.9 Å². The van der Waals surface area contributed by atoms with E-state index < -0.39 is 23.7 Å². The van der Waals surface area contributed by atoms with Gasteiger partial charge >= 0.3 is 6.18 Å². The van der Waals surface area contributed by atoms with E-state index in [1.54, 1.807) is 13.0 Å². The first kappa shape index (κ1) is 20.2. The molecule has 0 radical (unpaired) electrons. The van der Waals surface area contributed by atoms with Crippen LogP contribution >= 0.6 is 27.5 Å². The summed E-state index contributed by atoms with van der Waals surface area (Å²) in [6, 6.07) is 3.54. The van der Waals surface area contributed by atoms with E-state index in [1.807, 2.05) is 0 Å². The third-order valence-electron chi connectivity index (χ3n) is 3.57. The van der Waals surface area contributed by atoms with Gasteiger partial charge in [-0.25, -0.2) is 15.0 Å². The Morgan fingerprint density at radius 2 is 1.93 bits per heavy atom. The molecule has 0 saturated heterocycles. The Kier molecular flexibility index (Phi) is 5.66. The van der Waals surface area contributed by atoms with Crippen molar-refractivity contribution in [2.75, 3.05) is 0 Å². The summed E-state index contributed by atoms with van der Waals surface area (Å²) >= 11 is 8.88. The molecule has 0 aliphatic heterocycles. The van der Waals surface area contributed by atoms with Gasteiger partial charge in [0.05, 0.1) is 11.6 Å². The minimum atomic E-state index is -4.62. The number of hydrogen-bond acceptors (Lipinski definition) is 5. The van der Waals surface area contributed by atoms with E-state index in [4.69, 9.17) is 11.6 Å². The summed E-state index contributed by atoms with van der Waals surface area (Å²) < 4.78 is 40.4. The lowest BCUT2D eigenvalue weighted by Gasteiger charge is -2.15. The van der Waals surface area contributed by atoms with Crippen LogP contribution < -0.4 is 5.32 Å². The highest BCUT2D eigenvalue weighted by atomic mass is 79.9. The lowest BCUT2D eigenvalue weighted by atomic mass is 10.1. The van der Waals surface area contributed by atoms with Crippen molar-refractivity contribution in [3.8, 4) is 5.95 Å². The Morgan fingerprint density at radius 1 is 1.25 bits per heavy atom. The number of aromatic nitrogens is 5. The highest BCUT2D eigenvalue weighted by molar-refractivity contribution is 9.10. The van der Waals surface area contributed by atoms with E-state index in [0.717, 1.165) is 18.2 Å². The van der Waals surface area contributed by atoms with Crippen LogP contribution in [0.25, 0.3) is 5.95 Å². The Balaban J connectivity index is 1.88. The predicted molar refractivity (Wildman–Crippen MR) is 97.0 cm³/mol. The quantitative estimate of drug-likeness (QED) is 0.617. The first-order valence-corrected chi connectivity index (χ1v) is 8.91. The number of alkyl halides is 3. The lowest BCUT2D eigenvalue weighted by molar-refractivity contribution is -0.137. The molecular weight excluding hydrogens is 465 g/mol. The van der Waals surface area contributed by atoms with Crippen LogP contribution in [0, 0.1) is 0 Å². The number of benzene rings is 1. The second kappa shape index (κ2) is 7.84. The zero-order chi connectivity index (χ0) is 20.5. The Hall–Kier alpha value is -2.53. The molecule has 1 amide bonds. The first-order valence-electron chi connectivity index (χ1n) is 7.73. The standard InChI is InChI=1S/C16H11BrClF3N6O/c1-8(12-25-14(17)26-27(12)15-22-3-2-4-23-15)24-13(28)9-5-10(16(19,20)21)7-11(18)6-9/h2-8H,1H3,(H,24,28). The summed E-state index contributed by atoms with van der Waals surface area (Å²) in [7, 11) is 0. The van der Waals surface area contributed by atoms with Crippen LogP contribution in [-0.2, 0) is 6.18 Å². The molecule has 2 heterocycles. The zero-order valence-corrected chi connectivity index (χ0v) is 16.4. The molecule has 0 aliphatic rings. The van der Waals surface area contributed by atoms with Crippen LogP contribution in [0.2, 0.25) is 5.02 Å². The summed E-state index contributed by atoms with van der Waals surface area (Å²) in [6.45, 7) is 1.60. The molecular formula is C16H11BrClF3N6O. The molecule has 0 aliphatic carbocycles. The number of hydrogen-bond donors (Lipinski definition) is 1. The number of nitrogens with zero attached hydrogens (tertiary/aromatic N) is 5. The summed E-state index contributed by atoms with van der Waals surface area (Å²) in [4.78, 5) is 24.8. The molecule has 3 rings (SSSR count). The molecule has 7 nitrogen and oxygen atoms in total. The first-order chi connectivity index (χ1) is 13.1. The van der Waals surface area contributed by atoms with E-state index in [1.165, 1.54) is 17.1 Å². The average molecular weight is 476 g/mol. The fraction of sp³-hybridized carbons (Fsp3) is 0.188. The summed E-state index contributed by atoms with van der Waals surface area (Å²) in [5.41, 5.74) is -1.24. The molecule has 1 N–H and O–H groups in total. The largest absolute Gasteiger partial charge is 0.416 e. The number of halogens is 5. The maximum absolute atomic E-state index is 13.0. The Morgan fingerprint density at radius 3 is 2.57 bits per heavy atom. The molecule has 2 aromatic heterocycles. The molecule has 12 heteroatoms. The fourth-order valence-corrected chi connectivity index (χ4v) is 2.93. The van der Waals surface area contributed by atoms with Crippen molar-refractivity contribution in [3.63, 3.8) is 0 Å². The number of carbonyl (C=O) groups is 1. The molecule has 3 aromatic rings. The summed E-state index contributed by atoms with van der Waals surface area (Å²) in [5.74, 6) is -0.247. The molecule has 0 spiro atoms. The van der Waals surface area contributed by atoms with E-state index in [9.17, 15) is 18.0 Å². The van der Waals surface area contributed by atoms with Crippen LogP contribution in [0.4, 0.5) is 13.2 Å². The van der Waals surface area contributed by atoms with Gasteiger partial charge in [0.1, 0.15) is 0 Å². The van der Waals surface area contributed by atoms with E-state index >= 15 is 0 Å². The maximum Gasteiger partial charge on any atom is 0.416 e. The number of rotatable bonds is 4. The normalized spacial score (nSPS) is 12.6. The molecule has 0 saturated carbocycles. The fourth-order valence-electron chi connectivity index (χ4n) is 2.35. The second-order valence-electron chi connectivity index (χ2n) is 5.62. The number of amides is 1. The molecule has 1 aromatic carbocycles. The molecule has 0 fully saturated rings. The Bertz CT molecular complexity index is 1010. The molecule has 146 valence electrons. The van der Waals surface area contributed by atoms with Gasteiger partial charge in [-0.1, -0.05) is 11.6 Å². The molecule has 1 unspecified atom stereocenters. The summed E-state index contributed by atoms with van der Waals surface area (Å²) in [5, 5.41) is 6.50. The van der Waals surface area contributed by atoms with Crippen LogP contribution in [0.1, 0.15) is 34.7 Å². The monoisotopic (exact) mass is 474 g/mol. The number of nitrogens with one attached hydrogen (secondary N) is 1. The van der Waals surface area contributed by atoms with Gasteiger partial charge in [-0.05, 0) is 47.1 Å². The molecule has 0 bridgehead atoms. The van der Waals surface area contributed by atoms with Gasteiger partial charge in [0.15, 0.2) is 5.82 Å². The maximum atomic E-state index is 13.0. The van der Waals surface area contributed by atoms with Gasteiger partial charge in [0.2, 0.25) is 4.73 Å². The van der Waals surface area contributed by atoms with Crippen molar-refractivity contribution in [2.45, 2.75) is 19.1 Å². The van der Waals surface area contributed by atoms with Crippen molar-refractivity contribution in [2.24, 2.45) is 0 Å². The van der Waals surface area contributed by atoms with Gasteiger partial charge in [0, 0.05) is 23.0 Å². The predicted octanol–water partition coefficient (Wildman–Crippen LogP) is 3.98. The lowest BCUT2D eigenvalue weighted by Crippen LogP contribution is -2.29. The minimum absolute atomic E-state index is 0.198. The summed E-state index contributed by atoms with van der Waals surface area (Å²) in [6.07, 6.45) is -1.60. The smallest absolute Gasteiger partial charge is 0.342 e. The van der Waals surface area contributed by atoms with Gasteiger partial charge in [-0.3, -0.25) is 4.79 Å². The van der Waals surface area contributed by atoms with Crippen LogP contribution in [0.15, 0.2) is 41.4 Å². The van der Waals surface area contributed by atoms with Crippen LogP contribution in [-0.4, -0.2) is 30.6 Å². The SMILES string of the molecule is CC(NC(=O)c1cc(Cl)cc(C(F)(F)F)c1)c1nc(Br)nn1-c1ncccn1. The highest BCUT2D eigenvalue weighted by Crippen LogP contribution is 2.32. The third kappa shape index (κ3) is 4.47. The zero-order valence-electron chi connectivity index (χ0n) is 14.1. The second-order valence-corrected chi connectivity index (χ2v) is 6.77. The van der Waals surface area contributed by atoms with Gasteiger partial charge < -0.3 is 5.32 Å². The minimum Gasteiger partial charge on any atom is -0.342 e. The van der Waals surface area contributed by atoms with Crippen molar-refractivity contribution in [1.82, 2.24) is 30.0 Å². The molecule has 1 atom stereocenters. The van der Waals surface area contributed by atoms with Crippen molar-refractivity contribution < 1.29 is 18.0 Å². The van der Waals surface area contributed by atoms with E-state index in [2.05, 4.69) is 41.3 Å². The van der Waals surface area contributed by atoms with Crippen molar-refractivity contribution in [1.29, 1.82) is 0 Å². The number of carbonyl (C=O) groups excluding carboxylic acids is 1. The van der Waals surface area contributed by atoms with Crippen LogP contribution in [0.5, 0.6) is 0 Å².